The number of anilines is 2. The lowest BCUT2D eigenvalue weighted by atomic mass is 10.1. The zero-order valence-corrected chi connectivity index (χ0v) is 10.9. The van der Waals surface area contributed by atoms with Gasteiger partial charge in [0.25, 0.3) is 0 Å². The Morgan fingerprint density at radius 1 is 1.56 bits per heavy atom. The van der Waals surface area contributed by atoms with Gasteiger partial charge in [-0.1, -0.05) is 20.3 Å². The number of hydrogen-bond donors (Lipinski definition) is 2. The molecule has 1 unspecified atom stereocenters. The summed E-state index contributed by atoms with van der Waals surface area (Å²) in [6, 6.07) is 2.35. The van der Waals surface area contributed by atoms with E-state index >= 15 is 0 Å². The highest BCUT2D eigenvalue weighted by atomic mass is 19.1. The van der Waals surface area contributed by atoms with E-state index in [0.29, 0.717) is 12.5 Å². The minimum atomic E-state index is -1.15. The van der Waals surface area contributed by atoms with Crippen molar-refractivity contribution in [2.24, 2.45) is 5.92 Å². The average molecular weight is 254 g/mol. The molecule has 0 radical (unpaired) electrons. The molecule has 0 fully saturated rings. The van der Waals surface area contributed by atoms with Gasteiger partial charge in [0.2, 0.25) is 0 Å². The molecule has 0 saturated carbocycles. The molecule has 0 heterocycles. The van der Waals surface area contributed by atoms with Crippen molar-refractivity contribution in [2.75, 3.05) is 24.2 Å². The van der Waals surface area contributed by atoms with Crippen LogP contribution in [-0.2, 0) is 0 Å². The van der Waals surface area contributed by atoms with Gasteiger partial charge in [-0.2, -0.15) is 0 Å². The average Bonchev–Trinajstić information content (AvgIpc) is 2.27. The highest BCUT2D eigenvalue weighted by molar-refractivity contribution is 5.95. The number of nitrogen functional groups attached to an aromatic ring is 1. The monoisotopic (exact) mass is 254 g/mol. The van der Waals surface area contributed by atoms with Gasteiger partial charge in [0.15, 0.2) is 0 Å². The highest BCUT2D eigenvalue weighted by Crippen LogP contribution is 2.25. The maximum atomic E-state index is 13.8. The number of halogens is 1. The maximum absolute atomic E-state index is 13.8. The Hall–Kier alpha value is -1.78. The minimum Gasteiger partial charge on any atom is -0.478 e. The quantitative estimate of drug-likeness (QED) is 0.792. The summed E-state index contributed by atoms with van der Waals surface area (Å²) in [4.78, 5) is 12.7. The zero-order chi connectivity index (χ0) is 13.9. The first-order valence-electron chi connectivity index (χ1n) is 5.90. The van der Waals surface area contributed by atoms with Crippen molar-refractivity contribution in [3.05, 3.63) is 23.5 Å². The molecule has 0 amide bonds. The fraction of sp³-hybridized carbons (Fsp3) is 0.462. The molecule has 3 N–H and O–H groups in total. The molecule has 18 heavy (non-hydrogen) atoms. The summed E-state index contributed by atoms with van der Waals surface area (Å²) < 4.78 is 13.8. The number of carboxylic acids is 1. The molecule has 1 aromatic rings. The van der Waals surface area contributed by atoms with E-state index in [0.717, 1.165) is 12.5 Å². The number of aromatic carboxylic acids is 1. The maximum Gasteiger partial charge on any atom is 0.337 e. The first-order chi connectivity index (χ1) is 8.36. The minimum absolute atomic E-state index is 0.0549. The number of rotatable bonds is 5. The molecule has 0 saturated heterocycles. The molecule has 0 bridgehead atoms. The number of nitrogens with two attached hydrogens (primary N) is 1. The Morgan fingerprint density at radius 3 is 2.67 bits per heavy atom. The van der Waals surface area contributed by atoms with E-state index in [1.807, 2.05) is 0 Å². The van der Waals surface area contributed by atoms with Gasteiger partial charge >= 0.3 is 5.97 Å². The van der Waals surface area contributed by atoms with Crippen molar-refractivity contribution in [1.29, 1.82) is 0 Å². The molecule has 1 rings (SSSR count). The van der Waals surface area contributed by atoms with Crippen molar-refractivity contribution in [2.45, 2.75) is 20.3 Å². The molecule has 100 valence electrons. The summed E-state index contributed by atoms with van der Waals surface area (Å²) in [7, 11) is 1.74. The SMILES string of the molecule is CCC(C)CN(C)c1cc(C(=O)O)c(N)cc1F. The first-order valence-corrected chi connectivity index (χ1v) is 5.90. The van der Waals surface area contributed by atoms with Crippen molar-refractivity contribution >= 4 is 17.3 Å². The van der Waals surface area contributed by atoms with E-state index in [4.69, 9.17) is 10.8 Å². The van der Waals surface area contributed by atoms with Gasteiger partial charge < -0.3 is 15.7 Å². The van der Waals surface area contributed by atoms with Gasteiger partial charge in [0, 0.05) is 19.3 Å². The third-order valence-corrected chi connectivity index (χ3v) is 3.04. The fourth-order valence-electron chi connectivity index (χ4n) is 1.75. The smallest absolute Gasteiger partial charge is 0.337 e. The van der Waals surface area contributed by atoms with Gasteiger partial charge in [0.05, 0.1) is 11.3 Å². The second kappa shape index (κ2) is 5.71. The van der Waals surface area contributed by atoms with E-state index in [9.17, 15) is 9.18 Å². The standard InChI is InChI=1S/C13H19FN2O2/c1-4-8(2)7-16(3)12-5-9(13(17)18)11(15)6-10(12)14/h5-6,8H,4,7,15H2,1-3H3,(H,17,18). The Morgan fingerprint density at radius 2 is 2.17 bits per heavy atom. The van der Waals surface area contributed by atoms with Crippen LogP contribution in [0.15, 0.2) is 12.1 Å². The van der Waals surface area contributed by atoms with E-state index in [1.54, 1.807) is 11.9 Å². The largest absolute Gasteiger partial charge is 0.478 e. The predicted octanol–water partition coefficient (Wildman–Crippen LogP) is 2.59. The van der Waals surface area contributed by atoms with Crippen LogP contribution >= 0.6 is 0 Å². The number of benzene rings is 1. The molecule has 5 heteroatoms. The molecule has 0 aliphatic rings. The molecule has 1 atom stereocenters. The van der Waals surface area contributed by atoms with Crippen molar-refractivity contribution in [3.8, 4) is 0 Å². The van der Waals surface area contributed by atoms with Crippen molar-refractivity contribution in [1.82, 2.24) is 0 Å². The molecule has 0 spiro atoms. The van der Waals surface area contributed by atoms with Crippen LogP contribution < -0.4 is 10.6 Å². The number of carbonyl (C=O) groups is 1. The van der Waals surface area contributed by atoms with Crippen LogP contribution in [0.4, 0.5) is 15.8 Å². The van der Waals surface area contributed by atoms with Crippen molar-refractivity contribution < 1.29 is 14.3 Å². The molecule has 4 nitrogen and oxygen atoms in total. The zero-order valence-electron chi connectivity index (χ0n) is 10.9. The lowest BCUT2D eigenvalue weighted by molar-refractivity contribution is 0.0698. The topological polar surface area (TPSA) is 66.6 Å². The Bertz CT molecular complexity index is 449. The third kappa shape index (κ3) is 3.12. The van der Waals surface area contributed by atoms with Crippen LogP contribution in [0, 0.1) is 11.7 Å². The lowest BCUT2D eigenvalue weighted by Crippen LogP contribution is -2.25. The van der Waals surface area contributed by atoms with Gasteiger partial charge in [-0.25, -0.2) is 9.18 Å². The van der Waals surface area contributed by atoms with Gasteiger partial charge in [-0.05, 0) is 18.1 Å². The highest BCUT2D eigenvalue weighted by Gasteiger charge is 2.16. The van der Waals surface area contributed by atoms with Crippen molar-refractivity contribution in [3.63, 3.8) is 0 Å². The lowest BCUT2D eigenvalue weighted by Gasteiger charge is -2.24. The third-order valence-electron chi connectivity index (χ3n) is 3.04. The Labute approximate surface area is 106 Å². The summed E-state index contributed by atoms with van der Waals surface area (Å²) in [5, 5.41) is 8.97. The van der Waals surface area contributed by atoms with E-state index in [-0.39, 0.29) is 16.9 Å². The van der Waals surface area contributed by atoms with Crippen LogP contribution in [0.2, 0.25) is 0 Å². The number of nitrogens with zero attached hydrogens (tertiary/aromatic N) is 1. The van der Waals surface area contributed by atoms with Gasteiger partial charge in [0.1, 0.15) is 5.82 Å². The van der Waals surface area contributed by atoms with E-state index < -0.39 is 11.8 Å². The molecule has 0 aromatic heterocycles. The number of hydrogen-bond acceptors (Lipinski definition) is 3. The second-order valence-electron chi connectivity index (χ2n) is 4.59. The van der Waals surface area contributed by atoms with Crippen LogP contribution in [-0.4, -0.2) is 24.7 Å². The van der Waals surface area contributed by atoms with Gasteiger partial charge in [-0.3, -0.25) is 0 Å². The first kappa shape index (κ1) is 14.3. The summed E-state index contributed by atoms with van der Waals surface area (Å²) in [6.07, 6.45) is 0.979. The summed E-state index contributed by atoms with van der Waals surface area (Å²) in [5.41, 5.74) is 5.62. The van der Waals surface area contributed by atoms with E-state index in [1.165, 1.54) is 6.07 Å². The normalized spacial score (nSPS) is 12.2. The molecular formula is C13H19FN2O2. The Kier molecular flexibility index (Phi) is 4.53. The van der Waals surface area contributed by atoms with Crippen LogP contribution in [0.5, 0.6) is 0 Å². The molecule has 1 aromatic carbocycles. The predicted molar refractivity (Wildman–Crippen MR) is 70.5 cm³/mol. The molecule has 0 aliphatic carbocycles. The summed E-state index contributed by atoms with van der Waals surface area (Å²) in [5.74, 6) is -1.24. The summed E-state index contributed by atoms with van der Waals surface area (Å²) in [6.45, 7) is 4.78. The van der Waals surface area contributed by atoms with Crippen LogP contribution in [0.1, 0.15) is 30.6 Å². The summed E-state index contributed by atoms with van der Waals surface area (Å²) >= 11 is 0. The van der Waals surface area contributed by atoms with Crippen LogP contribution in [0.25, 0.3) is 0 Å². The fourth-order valence-corrected chi connectivity index (χ4v) is 1.75. The van der Waals surface area contributed by atoms with E-state index in [2.05, 4.69) is 13.8 Å². The molecular weight excluding hydrogens is 235 g/mol. The number of carboxylic acid groups (broad SMARTS) is 1. The second-order valence-corrected chi connectivity index (χ2v) is 4.59. The van der Waals surface area contributed by atoms with Gasteiger partial charge in [-0.15, -0.1) is 0 Å². The Balaban J connectivity index is 3.08. The molecule has 0 aliphatic heterocycles. The van der Waals surface area contributed by atoms with Crippen LogP contribution in [0.3, 0.4) is 0 Å².